The summed E-state index contributed by atoms with van der Waals surface area (Å²) in [4.78, 5) is 27.8. The average molecular weight is 406 g/mol. The Labute approximate surface area is 178 Å². The lowest BCUT2D eigenvalue weighted by molar-refractivity contribution is -0.122. The predicted molar refractivity (Wildman–Crippen MR) is 121 cm³/mol. The van der Waals surface area contributed by atoms with Crippen molar-refractivity contribution in [2.24, 2.45) is 11.8 Å². The molecule has 0 radical (unpaired) electrons. The third-order valence-electron chi connectivity index (χ3n) is 6.40. The standard InChI is InChI=1S/C25H31N3O2/c1-18-12-14-28(15-13-18)23-11-10-21(27-24(29)20-8-5-9-20)16-22(23)25(30)26-17-19-6-3-2-4-7-19/h2-4,6-7,10-11,16,18,20H,5,8-9,12-15,17H2,1H3,(H,26,30)(H,27,29). The highest BCUT2D eigenvalue weighted by Crippen LogP contribution is 2.31. The van der Waals surface area contributed by atoms with E-state index in [1.54, 1.807) is 0 Å². The minimum absolute atomic E-state index is 0.0661. The summed E-state index contributed by atoms with van der Waals surface area (Å²) in [6.07, 6.45) is 5.30. The molecule has 0 spiro atoms. The molecule has 5 heteroatoms. The van der Waals surface area contributed by atoms with Gasteiger partial charge in [-0.15, -0.1) is 0 Å². The van der Waals surface area contributed by atoms with E-state index in [0.717, 1.165) is 62.4 Å². The maximum Gasteiger partial charge on any atom is 0.253 e. The molecule has 2 aliphatic rings. The van der Waals surface area contributed by atoms with Crippen LogP contribution in [0.25, 0.3) is 0 Å². The minimum Gasteiger partial charge on any atom is -0.371 e. The van der Waals surface area contributed by atoms with Gasteiger partial charge in [0.15, 0.2) is 0 Å². The highest BCUT2D eigenvalue weighted by atomic mass is 16.2. The summed E-state index contributed by atoms with van der Waals surface area (Å²) in [6.45, 7) is 4.67. The highest BCUT2D eigenvalue weighted by Gasteiger charge is 2.26. The first-order valence-electron chi connectivity index (χ1n) is 11.1. The molecule has 1 heterocycles. The minimum atomic E-state index is -0.104. The Morgan fingerprint density at radius 1 is 1.00 bits per heavy atom. The molecular formula is C25H31N3O2. The maximum atomic E-state index is 13.1. The molecule has 2 amide bonds. The van der Waals surface area contributed by atoms with E-state index in [9.17, 15) is 9.59 Å². The third kappa shape index (κ3) is 4.84. The molecule has 1 saturated carbocycles. The molecule has 2 aromatic carbocycles. The topological polar surface area (TPSA) is 61.4 Å². The molecule has 4 rings (SSSR count). The van der Waals surface area contributed by atoms with Crippen molar-refractivity contribution in [3.63, 3.8) is 0 Å². The number of anilines is 2. The van der Waals surface area contributed by atoms with Gasteiger partial charge in [-0.3, -0.25) is 9.59 Å². The Balaban J connectivity index is 1.53. The summed E-state index contributed by atoms with van der Waals surface area (Å²) in [7, 11) is 0. The fourth-order valence-electron chi connectivity index (χ4n) is 4.11. The smallest absolute Gasteiger partial charge is 0.253 e. The van der Waals surface area contributed by atoms with Crippen LogP contribution in [0, 0.1) is 11.8 Å². The summed E-state index contributed by atoms with van der Waals surface area (Å²) >= 11 is 0. The first-order valence-corrected chi connectivity index (χ1v) is 11.1. The molecule has 2 fully saturated rings. The van der Waals surface area contributed by atoms with Crippen molar-refractivity contribution in [3.05, 3.63) is 59.7 Å². The van der Waals surface area contributed by atoms with Gasteiger partial charge < -0.3 is 15.5 Å². The Bertz CT molecular complexity index is 885. The number of hydrogen-bond acceptors (Lipinski definition) is 3. The van der Waals surface area contributed by atoms with E-state index in [0.29, 0.717) is 17.8 Å². The van der Waals surface area contributed by atoms with Crippen molar-refractivity contribution >= 4 is 23.2 Å². The van der Waals surface area contributed by atoms with Crippen molar-refractivity contribution in [1.82, 2.24) is 5.32 Å². The van der Waals surface area contributed by atoms with Gasteiger partial charge in [-0.2, -0.15) is 0 Å². The Kier molecular flexibility index (Phi) is 6.36. The predicted octanol–water partition coefficient (Wildman–Crippen LogP) is 4.59. The molecule has 1 aliphatic heterocycles. The number of carbonyl (C=O) groups excluding carboxylic acids is 2. The zero-order chi connectivity index (χ0) is 20.9. The van der Waals surface area contributed by atoms with Crippen LogP contribution in [0.3, 0.4) is 0 Å². The van der Waals surface area contributed by atoms with Crippen LogP contribution in [-0.2, 0) is 11.3 Å². The molecular weight excluding hydrogens is 374 g/mol. The van der Waals surface area contributed by atoms with E-state index < -0.39 is 0 Å². The van der Waals surface area contributed by atoms with Crippen molar-refractivity contribution in [3.8, 4) is 0 Å². The van der Waals surface area contributed by atoms with Crippen molar-refractivity contribution in [2.45, 2.75) is 45.6 Å². The van der Waals surface area contributed by atoms with E-state index in [4.69, 9.17) is 0 Å². The average Bonchev–Trinajstić information content (AvgIpc) is 2.72. The van der Waals surface area contributed by atoms with Crippen LogP contribution in [0.5, 0.6) is 0 Å². The molecule has 5 nitrogen and oxygen atoms in total. The Hall–Kier alpha value is -2.82. The fourth-order valence-corrected chi connectivity index (χ4v) is 4.11. The van der Waals surface area contributed by atoms with Gasteiger partial charge in [0, 0.05) is 36.9 Å². The molecule has 2 N–H and O–H groups in total. The molecule has 2 aromatic rings. The summed E-state index contributed by atoms with van der Waals surface area (Å²) in [6, 6.07) is 15.7. The fraction of sp³-hybridized carbons (Fsp3) is 0.440. The van der Waals surface area contributed by atoms with Gasteiger partial charge in [0.1, 0.15) is 0 Å². The van der Waals surface area contributed by atoms with Crippen LogP contribution in [0.1, 0.15) is 54.9 Å². The van der Waals surface area contributed by atoms with Crippen LogP contribution in [-0.4, -0.2) is 24.9 Å². The van der Waals surface area contributed by atoms with E-state index in [1.165, 1.54) is 0 Å². The molecule has 0 aromatic heterocycles. The molecule has 1 saturated heterocycles. The lowest BCUT2D eigenvalue weighted by Crippen LogP contribution is -2.35. The molecule has 0 atom stereocenters. The number of amides is 2. The van der Waals surface area contributed by atoms with Gasteiger partial charge in [-0.1, -0.05) is 43.7 Å². The largest absolute Gasteiger partial charge is 0.371 e. The monoisotopic (exact) mass is 405 g/mol. The van der Waals surface area contributed by atoms with Crippen molar-refractivity contribution < 1.29 is 9.59 Å². The van der Waals surface area contributed by atoms with Gasteiger partial charge in [-0.05, 0) is 55.4 Å². The maximum absolute atomic E-state index is 13.1. The number of nitrogens with one attached hydrogen (secondary N) is 2. The molecule has 30 heavy (non-hydrogen) atoms. The SMILES string of the molecule is CC1CCN(c2ccc(NC(=O)C3CCC3)cc2C(=O)NCc2ccccc2)CC1. The summed E-state index contributed by atoms with van der Waals surface area (Å²) in [5.41, 5.74) is 3.35. The van der Waals surface area contributed by atoms with Crippen molar-refractivity contribution in [2.75, 3.05) is 23.3 Å². The van der Waals surface area contributed by atoms with Crippen LogP contribution in [0.4, 0.5) is 11.4 Å². The number of nitrogens with zero attached hydrogens (tertiary/aromatic N) is 1. The van der Waals surface area contributed by atoms with Gasteiger partial charge >= 0.3 is 0 Å². The third-order valence-corrected chi connectivity index (χ3v) is 6.40. The normalized spacial score (nSPS) is 17.3. The number of rotatable bonds is 6. The number of piperidine rings is 1. The second-order valence-electron chi connectivity index (χ2n) is 8.69. The van der Waals surface area contributed by atoms with Crippen LogP contribution >= 0.6 is 0 Å². The van der Waals surface area contributed by atoms with Crippen molar-refractivity contribution in [1.29, 1.82) is 0 Å². The first-order chi connectivity index (χ1) is 14.6. The number of benzene rings is 2. The van der Waals surface area contributed by atoms with Gasteiger partial charge in [0.25, 0.3) is 5.91 Å². The number of hydrogen-bond donors (Lipinski definition) is 2. The molecule has 0 bridgehead atoms. The van der Waals surface area contributed by atoms with Crippen LogP contribution in [0.15, 0.2) is 48.5 Å². The van der Waals surface area contributed by atoms with Crippen LogP contribution in [0.2, 0.25) is 0 Å². The van der Waals surface area contributed by atoms with E-state index >= 15 is 0 Å². The second kappa shape index (κ2) is 9.33. The van der Waals surface area contributed by atoms with E-state index in [-0.39, 0.29) is 17.7 Å². The van der Waals surface area contributed by atoms with Gasteiger partial charge in [0.2, 0.25) is 5.91 Å². The molecule has 1 aliphatic carbocycles. The Morgan fingerprint density at radius 2 is 1.73 bits per heavy atom. The van der Waals surface area contributed by atoms with E-state index in [1.807, 2.05) is 48.5 Å². The van der Waals surface area contributed by atoms with Gasteiger partial charge in [-0.25, -0.2) is 0 Å². The Morgan fingerprint density at radius 3 is 2.40 bits per heavy atom. The van der Waals surface area contributed by atoms with Gasteiger partial charge in [0.05, 0.1) is 5.56 Å². The lowest BCUT2D eigenvalue weighted by Gasteiger charge is -2.33. The molecule has 158 valence electrons. The van der Waals surface area contributed by atoms with Crippen LogP contribution < -0.4 is 15.5 Å². The van der Waals surface area contributed by atoms with E-state index in [2.05, 4.69) is 22.5 Å². The zero-order valence-corrected chi connectivity index (χ0v) is 17.7. The number of carbonyl (C=O) groups is 2. The first kappa shape index (κ1) is 20.5. The summed E-state index contributed by atoms with van der Waals surface area (Å²) in [5, 5.41) is 6.06. The highest BCUT2D eigenvalue weighted by molar-refractivity contribution is 6.02. The summed E-state index contributed by atoms with van der Waals surface area (Å²) in [5.74, 6) is 0.796. The quantitative estimate of drug-likeness (QED) is 0.739. The molecule has 0 unspecified atom stereocenters. The second-order valence-corrected chi connectivity index (χ2v) is 8.69. The zero-order valence-electron chi connectivity index (χ0n) is 17.7. The summed E-state index contributed by atoms with van der Waals surface area (Å²) < 4.78 is 0. The lowest BCUT2D eigenvalue weighted by atomic mass is 9.85.